The van der Waals surface area contributed by atoms with E-state index in [4.69, 9.17) is 0 Å². The first-order valence-corrected chi connectivity index (χ1v) is 11.3. The van der Waals surface area contributed by atoms with Crippen LogP contribution in [0.25, 0.3) is 11.0 Å². The van der Waals surface area contributed by atoms with Crippen LogP contribution in [0.15, 0.2) is 46.8 Å². The van der Waals surface area contributed by atoms with E-state index < -0.39 is 0 Å². The van der Waals surface area contributed by atoms with Crippen molar-refractivity contribution in [1.29, 1.82) is 0 Å². The van der Waals surface area contributed by atoms with Gasteiger partial charge in [0.05, 0.1) is 17.1 Å². The number of hydrogen-bond donors (Lipinski definition) is 2. The summed E-state index contributed by atoms with van der Waals surface area (Å²) in [5.74, 6) is 1.90. The van der Waals surface area contributed by atoms with Crippen molar-refractivity contribution in [1.82, 2.24) is 25.1 Å². The molecule has 2 aromatic heterocycles. The van der Waals surface area contributed by atoms with Crippen LogP contribution in [0.1, 0.15) is 29.6 Å². The van der Waals surface area contributed by atoms with E-state index in [2.05, 4.69) is 72.7 Å². The molecule has 6 nitrogen and oxygen atoms in total. The number of aromatic nitrogens is 2. The molecule has 0 bridgehead atoms. The van der Waals surface area contributed by atoms with Gasteiger partial charge in [-0.3, -0.25) is 9.89 Å². The Bertz CT molecular complexity index is 940. The maximum Gasteiger partial charge on any atom is 0.191 e. The number of hydrogen-bond acceptors (Lipinski definition) is 4. The monoisotopic (exact) mass is 410 g/mol. The largest absolute Gasteiger partial charge is 0.355 e. The summed E-state index contributed by atoms with van der Waals surface area (Å²) in [6.07, 6.45) is 2.60. The zero-order chi connectivity index (χ0) is 20.1. The fourth-order valence-electron chi connectivity index (χ4n) is 4.12. The SMILES string of the molecule is CN=C(NCCn1c(C)nc2ccccc21)NCC(c1cccs1)N1CCCC1. The Balaban J connectivity index is 1.34. The fraction of sp³-hybridized carbons (Fsp3) is 0.455. The van der Waals surface area contributed by atoms with Gasteiger partial charge in [-0.05, 0) is 56.4 Å². The average molecular weight is 411 g/mol. The maximum absolute atomic E-state index is 4.65. The summed E-state index contributed by atoms with van der Waals surface area (Å²) in [5, 5.41) is 9.18. The molecule has 1 aliphatic rings. The average Bonchev–Trinajstić information content (AvgIpc) is 3.49. The van der Waals surface area contributed by atoms with Crippen molar-refractivity contribution in [2.75, 3.05) is 33.2 Å². The van der Waals surface area contributed by atoms with Gasteiger partial charge in [0.2, 0.25) is 0 Å². The number of likely N-dealkylation sites (tertiary alicyclic amines) is 1. The lowest BCUT2D eigenvalue weighted by molar-refractivity contribution is 0.249. The molecule has 2 N–H and O–H groups in total. The Morgan fingerprint density at radius 3 is 2.76 bits per heavy atom. The Morgan fingerprint density at radius 1 is 1.17 bits per heavy atom. The number of guanidine groups is 1. The number of para-hydroxylation sites is 2. The topological polar surface area (TPSA) is 57.5 Å². The van der Waals surface area contributed by atoms with Gasteiger partial charge < -0.3 is 15.2 Å². The first kappa shape index (κ1) is 19.9. The van der Waals surface area contributed by atoms with Crippen LogP contribution in [-0.2, 0) is 6.54 Å². The summed E-state index contributed by atoms with van der Waals surface area (Å²) in [4.78, 5) is 13.1. The van der Waals surface area contributed by atoms with E-state index in [0.29, 0.717) is 6.04 Å². The van der Waals surface area contributed by atoms with Gasteiger partial charge >= 0.3 is 0 Å². The molecule has 0 amide bonds. The fourth-order valence-corrected chi connectivity index (χ4v) is 4.98. The quantitative estimate of drug-likeness (QED) is 0.463. The molecule has 7 heteroatoms. The zero-order valence-corrected chi connectivity index (χ0v) is 18.1. The van der Waals surface area contributed by atoms with Gasteiger partial charge in [0.15, 0.2) is 5.96 Å². The summed E-state index contributed by atoms with van der Waals surface area (Å²) in [7, 11) is 1.84. The normalized spacial score (nSPS) is 16.4. The smallest absolute Gasteiger partial charge is 0.191 e. The van der Waals surface area contributed by atoms with Gasteiger partial charge in [-0.25, -0.2) is 4.98 Å². The van der Waals surface area contributed by atoms with Crippen molar-refractivity contribution in [3.63, 3.8) is 0 Å². The molecule has 0 radical (unpaired) electrons. The van der Waals surface area contributed by atoms with Crippen LogP contribution in [0.3, 0.4) is 0 Å². The third-order valence-corrected chi connectivity index (χ3v) is 6.59. The highest BCUT2D eigenvalue weighted by Crippen LogP contribution is 2.27. The molecule has 0 saturated carbocycles. The summed E-state index contributed by atoms with van der Waals surface area (Å²) >= 11 is 1.84. The number of aliphatic imine (C=N–C) groups is 1. The van der Waals surface area contributed by atoms with Crippen LogP contribution in [0.5, 0.6) is 0 Å². The second-order valence-corrected chi connectivity index (χ2v) is 8.43. The highest BCUT2D eigenvalue weighted by atomic mass is 32.1. The minimum absolute atomic E-state index is 0.413. The molecule has 3 aromatic rings. The zero-order valence-electron chi connectivity index (χ0n) is 17.3. The van der Waals surface area contributed by atoms with Crippen LogP contribution in [0.2, 0.25) is 0 Å². The van der Waals surface area contributed by atoms with Crippen molar-refractivity contribution in [3.8, 4) is 0 Å². The van der Waals surface area contributed by atoms with E-state index in [9.17, 15) is 0 Å². The molecule has 1 saturated heterocycles. The molecule has 4 rings (SSSR count). The van der Waals surface area contributed by atoms with E-state index in [0.717, 1.165) is 36.9 Å². The van der Waals surface area contributed by atoms with Gasteiger partial charge in [-0.1, -0.05) is 18.2 Å². The third-order valence-electron chi connectivity index (χ3n) is 5.61. The number of imidazole rings is 1. The molecular weight excluding hydrogens is 380 g/mol. The Morgan fingerprint density at radius 2 is 2.00 bits per heavy atom. The Labute approximate surface area is 176 Å². The maximum atomic E-state index is 4.65. The van der Waals surface area contributed by atoms with Crippen molar-refractivity contribution >= 4 is 28.3 Å². The van der Waals surface area contributed by atoms with E-state index in [-0.39, 0.29) is 0 Å². The van der Waals surface area contributed by atoms with Crippen LogP contribution < -0.4 is 10.6 Å². The van der Waals surface area contributed by atoms with E-state index in [1.807, 2.05) is 24.5 Å². The highest BCUT2D eigenvalue weighted by Gasteiger charge is 2.24. The lowest BCUT2D eigenvalue weighted by Gasteiger charge is -2.27. The summed E-state index contributed by atoms with van der Waals surface area (Å²) in [5.41, 5.74) is 2.23. The second-order valence-electron chi connectivity index (χ2n) is 7.45. The minimum Gasteiger partial charge on any atom is -0.355 e. The van der Waals surface area contributed by atoms with Gasteiger partial charge in [0.1, 0.15) is 5.82 Å². The van der Waals surface area contributed by atoms with Crippen LogP contribution >= 0.6 is 11.3 Å². The van der Waals surface area contributed by atoms with Crippen LogP contribution in [0, 0.1) is 6.92 Å². The first-order chi connectivity index (χ1) is 14.3. The molecule has 29 heavy (non-hydrogen) atoms. The summed E-state index contributed by atoms with van der Waals surface area (Å²) in [6, 6.07) is 13.1. The van der Waals surface area contributed by atoms with Gasteiger partial charge in [-0.15, -0.1) is 11.3 Å². The summed E-state index contributed by atoms with van der Waals surface area (Å²) in [6.45, 7) is 6.95. The van der Waals surface area contributed by atoms with Crippen LogP contribution in [0.4, 0.5) is 0 Å². The lowest BCUT2D eigenvalue weighted by atomic mass is 10.2. The lowest BCUT2D eigenvalue weighted by Crippen LogP contribution is -2.43. The first-order valence-electron chi connectivity index (χ1n) is 10.4. The van der Waals surface area contributed by atoms with E-state index in [1.165, 1.54) is 36.3 Å². The van der Waals surface area contributed by atoms with E-state index in [1.54, 1.807) is 0 Å². The van der Waals surface area contributed by atoms with Crippen molar-refractivity contribution < 1.29 is 0 Å². The molecule has 0 aliphatic carbocycles. The second kappa shape index (κ2) is 9.41. The summed E-state index contributed by atoms with van der Waals surface area (Å²) < 4.78 is 2.26. The number of benzene rings is 1. The predicted octanol–water partition coefficient (Wildman–Crippen LogP) is 3.41. The minimum atomic E-state index is 0.413. The van der Waals surface area contributed by atoms with Gasteiger partial charge in [0.25, 0.3) is 0 Å². The number of fused-ring (bicyclic) bond motifs is 1. The molecule has 0 spiro atoms. The molecule has 1 atom stereocenters. The molecule has 154 valence electrons. The van der Waals surface area contributed by atoms with Crippen LogP contribution in [-0.4, -0.2) is 53.6 Å². The number of nitrogens with zero attached hydrogens (tertiary/aromatic N) is 4. The Kier molecular flexibility index (Phi) is 6.46. The number of aryl methyl sites for hydroxylation is 1. The Hall–Kier alpha value is -2.38. The number of nitrogens with one attached hydrogen (secondary N) is 2. The number of rotatable bonds is 7. The molecule has 1 aromatic carbocycles. The molecule has 3 heterocycles. The van der Waals surface area contributed by atoms with Crippen molar-refractivity contribution in [3.05, 3.63) is 52.5 Å². The predicted molar refractivity (Wildman–Crippen MR) is 122 cm³/mol. The van der Waals surface area contributed by atoms with Crippen molar-refractivity contribution in [2.45, 2.75) is 32.4 Å². The molecule has 1 fully saturated rings. The van der Waals surface area contributed by atoms with Crippen molar-refractivity contribution in [2.24, 2.45) is 4.99 Å². The van der Waals surface area contributed by atoms with Gasteiger partial charge in [-0.2, -0.15) is 0 Å². The highest BCUT2D eigenvalue weighted by molar-refractivity contribution is 7.10. The number of thiophene rings is 1. The van der Waals surface area contributed by atoms with Gasteiger partial charge in [0, 0.05) is 31.6 Å². The molecule has 1 unspecified atom stereocenters. The van der Waals surface area contributed by atoms with E-state index >= 15 is 0 Å². The molecule has 1 aliphatic heterocycles. The molecular formula is C22H30N6S. The third kappa shape index (κ3) is 4.62. The standard InChI is InChI=1S/C22H30N6S/c1-17-26-18-8-3-4-9-19(18)28(17)14-11-24-22(23-2)25-16-20(21-10-7-15-29-21)27-12-5-6-13-27/h3-4,7-10,15,20H,5-6,11-14,16H2,1-2H3,(H2,23,24,25).